The summed E-state index contributed by atoms with van der Waals surface area (Å²) in [6.45, 7) is 11.5. The molecule has 0 aromatic heterocycles. The monoisotopic (exact) mass is 249 g/mol. The molecule has 0 bridgehead atoms. The Bertz CT molecular complexity index is 426. The lowest BCUT2D eigenvalue weighted by Crippen LogP contribution is -2.25. The van der Waals surface area contributed by atoms with Crippen LogP contribution in [0.5, 0.6) is 0 Å². The molecule has 100 valence electrons. The second-order valence-corrected chi connectivity index (χ2v) is 6.00. The van der Waals surface area contributed by atoms with Gasteiger partial charge in [0.25, 0.3) is 0 Å². The first-order chi connectivity index (χ1) is 8.16. The van der Waals surface area contributed by atoms with Crippen LogP contribution in [0.15, 0.2) is 23.4 Å². The number of carbonyl (C=O) groups is 2. The minimum Gasteiger partial charge on any atom is -0.330 e. The smallest absolute Gasteiger partial charge is 0.228 e. The highest BCUT2D eigenvalue weighted by Gasteiger charge is 2.60. The van der Waals surface area contributed by atoms with E-state index in [2.05, 4.69) is 25.2 Å². The molecule has 1 N–H and O–H groups in total. The summed E-state index contributed by atoms with van der Waals surface area (Å²) in [5.74, 6) is 0.261. The molecule has 2 unspecified atom stereocenters. The Balaban J connectivity index is 2.70. The molecule has 0 aromatic carbocycles. The Labute approximate surface area is 109 Å². The summed E-state index contributed by atoms with van der Waals surface area (Å²) in [5, 5.41) is 2.80. The lowest BCUT2D eigenvalue weighted by Gasteiger charge is -2.05. The molecule has 3 heteroatoms. The highest BCUT2D eigenvalue weighted by molar-refractivity contribution is 5.90. The van der Waals surface area contributed by atoms with Crippen LogP contribution < -0.4 is 5.32 Å². The molecule has 0 aliphatic heterocycles. The van der Waals surface area contributed by atoms with E-state index in [0.717, 1.165) is 0 Å². The summed E-state index contributed by atoms with van der Waals surface area (Å²) in [7, 11) is 0. The van der Waals surface area contributed by atoms with Gasteiger partial charge >= 0.3 is 0 Å². The second-order valence-electron chi connectivity index (χ2n) is 6.00. The van der Waals surface area contributed by atoms with Gasteiger partial charge in [-0.05, 0) is 45.1 Å². The third-order valence-corrected chi connectivity index (χ3v) is 3.45. The van der Waals surface area contributed by atoms with E-state index in [4.69, 9.17) is 0 Å². The van der Waals surface area contributed by atoms with Gasteiger partial charge in [0.1, 0.15) is 0 Å². The van der Waals surface area contributed by atoms with Crippen molar-refractivity contribution in [2.75, 3.05) is 0 Å². The zero-order valence-corrected chi connectivity index (χ0v) is 12.1. The predicted molar refractivity (Wildman–Crippen MR) is 72.8 cm³/mol. The summed E-state index contributed by atoms with van der Waals surface area (Å²) < 4.78 is 0. The number of carbonyl (C=O) groups excluding carboxylic acids is 2. The van der Waals surface area contributed by atoms with E-state index >= 15 is 0 Å². The molecule has 1 rings (SSSR count). The molecule has 1 amide bonds. The first-order valence-corrected chi connectivity index (χ1v) is 6.31. The largest absolute Gasteiger partial charge is 0.330 e. The topological polar surface area (TPSA) is 46.2 Å². The van der Waals surface area contributed by atoms with Crippen molar-refractivity contribution in [1.82, 2.24) is 5.32 Å². The second kappa shape index (κ2) is 5.09. The molecule has 0 aromatic rings. The van der Waals surface area contributed by atoms with E-state index in [1.54, 1.807) is 6.92 Å². The van der Waals surface area contributed by atoms with Gasteiger partial charge in [0.05, 0.1) is 5.92 Å². The number of amides is 1. The Morgan fingerprint density at radius 3 is 2.11 bits per heavy atom. The van der Waals surface area contributed by atoms with Crippen LogP contribution in [0.1, 0.15) is 41.5 Å². The van der Waals surface area contributed by atoms with Crippen molar-refractivity contribution in [3.05, 3.63) is 23.4 Å². The summed E-state index contributed by atoms with van der Waals surface area (Å²) in [4.78, 5) is 23.0. The molecular formula is C15H23NO2. The fraction of sp³-hybridized carbons (Fsp3) is 0.600. The maximum absolute atomic E-state index is 12.1. The number of hydrogen-bond donors (Lipinski definition) is 1. The maximum Gasteiger partial charge on any atom is 0.228 e. The highest BCUT2D eigenvalue weighted by atomic mass is 16.2. The third-order valence-electron chi connectivity index (χ3n) is 3.45. The van der Waals surface area contributed by atoms with E-state index < -0.39 is 0 Å². The first kappa shape index (κ1) is 14.7. The SMILES string of the molecule is CC(=O)/C=C(\C)NC(=O)C1C(C=C(C)C)C1(C)C. The van der Waals surface area contributed by atoms with Crippen LogP contribution in [0.2, 0.25) is 0 Å². The van der Waals surface area contributed by atoms with Crippen LogP contribution in [-0.4, -0.2) is 11.7 Å². The van der Waals surface area contributed by atoms with Gasteiger partial charge in [0, 0.05) is 5.70 Å². The van der Waals surface area contributed by atoms with E-state index in [1.165, 1.54) is 18.6 Å². The fourth-order valence-corrected chi connectivity index (χ4v) is 2.46. The average molecular weight is 249 g/mol. The minimum atomic E-state index is -0.0521. The molecular weight excluding hydrogens is 226 g/mol. The number of ketones is 1. The van der Waals surface area contributed by atoms with Crippen LogP contribution in [0.4, 0.5) is 0 Å². The van der Waals surface area contributed by atoms with E-state index in [0.29, 0.717) is 11.6 Å². The molecule has 18 heavy (non-hydrogen) atoms. The van der Waals surface area contributed by atoms with Crippen molar-refractivity contribution in [2.24, 2.45) is 17.3 Å². The average Bonchev–Trinajstić information content (AvgIpc) is 2.64. The Hall–Kier alpha value is -1.38. The van der Waals surface area contributed by atoms with Crippen molar-refractivity contribution >= 4 is 11.7 Å². The van der Waals surface area contributed by atoms with Gasteiger partial charge in [-0.25, -0.2) is 0 Å². The zero-order chi connectivity index (χ0) is 14.1. The first-order valence-electron chi connectivity index (χ1n) is 6.31. The Kier molecular flexibility index (Phi) is 4.15. The quantitative estimate of drug-likeness (QED) is 0.615. The van der Waals surface area contributed by atoms with Crippen LogP contribution in [0.25, 0.3) is 0 Å². The molecule has 1 aliphatic carbocycles. The van der Waals surface area contributed by atoms with Crippen molar-refractivity contribution in [2.45, 2.75) is 41.5 Å². The van der Waals surface area contributed by atoms with E-state index in [9.17, 15) is 9.59 Å². The van der Waals surface area contributed by atoms with Crippen LogP contribution in [0, 0.1) is 17.3 Å². The summed E-state index contributed by atoms with van der Waals surface area (Å²) >= 11 is 0. The number of nitrogens with one attached hydrogen (secondary N) is 1. The molecule has 0 saturated heterocycles. The zero-order valence-electron chi connectivity index (χ0n) is 12.1. The molecule has 0 heterocycles. The normalized spacial score (nSPS) is 25.3. The minimum absolute atomic E-state index is 0.00251. The van der Waals surface area contributed by atoms with Crippen LogP contribution in [0.3, 0.4) is 0 Å². The standard InChI is InChI=1S/C15H23NO2/c1-9(2)7-12-13(15(12,5)6)14(18)16-10(3)8-11(4)17/h7-8,12-13H,1-6H3,(H,16,18)/b10-8+. The molecule has 2 atom stereocenters. The van der Waals surface area contributed by atoms with Gasteiger partial charge < -0.3 is 5.32 Å². The van der Waals surface area contributed by atoms with Gasteiger partial charge in [-0.3, -0.25) is 9.59 Å². The highest BCUT2D eigenvalue weighted by Crippen LogP contribution is 2.59. The van der Waals surface area contributed by atoms with Crippen LogP contribution in [-0.2, 0) is 9.59 Å². The molecule has 1 saturated carbocycles. The van der Waals surface area contributed by atoms with Crippen molar-refractivity contribution < 1.29 is 9.59 Å². The van der Waals surface area contributed by atoms with Gasteiger partial charge in [0.2, 0.25) is 5.91 Å². The molecule has 1 aliphatic rings. The molecule has 0 radical (unpaired) electrons. The summed E-state index contributed by atoms with van der Waals surface area (Å²) in [5.41, 5.74) is 1.86. The third kappa shape index (κ3) is 3.31. The summed E-state index contributed by atoms with van der Waals surface area (Å²) in [6.07, 6.45) is 3.61. The lowest BCUT2D eigenvalue weighted by molar-refractivity contribution is -0.122. The van der Waals surface area contributed by atoms with Crippen molar-refractivity contribution in [1.29, 1.82) is 0 Å². The van der Waals surface area contributed by atoms with Crippen molar-refractivity contribution in [3.63, 3.8) is 0 Å². The fourth-order valence-electron chi connectivity index (χ4n) is 2.46. The van der Waals surface area contributed by atoms with Gasteiger partial charge in [0.15, 0.2) is 5.78 Å². The number of rotatable bonds is 4. The molecule has 0 spiro atoms. The number of allylic oxidation sites excluding steroid dienone is 4. The van der Waals surface area contributed by atoms with Crippen molar-refractivity contribution in [3.8, 4) is 0 Å². The number of hydrogen-bond acceptors (Lipinski definition) is 2. The van der Waals surface area contributed by atoms with Crippen LogP contribution >= 0.6 is 0 Å². The Morgan fingerprint density at radius 1 is 1.11 bits per heavy atom. The van der Waals surface area contributed by atoms with E-state index in [1.807, 2.05) is 13.8 Å². The lowest BCUT2D eigenvalue weighted by atomic mass is 10.1. The summed E-state index contributed by atoms with van der Waals surface area (Å²) in [6, 6.07) is 0. The Morgan fingerprint density at radius 2 is 1.67 bits per heavy atom. The maximum atomic E-state index is 12.1. The van der Waals surface area contributed by atoms with Gasteiger partial charge in [-0.2, -0.15) is 0 Å². The van der Waals surface area contributed by atoms with Gasteiger partial charge in [-0.1, -0.05) is 25.5 Å². The van der Waals surface area contributed by atoms with Gasteiger partial charge in [-0.15, -0.1) is 0 Å². The van der Waals surface area contributed by atoms with E-state index in [-0.39, 0.29) is 23.0 Å². The molecule has 1 fully saturated rings. The predicted octanol–water partition coefficient (Wildman–Crippen LogP) is 2.83. The molecule has 3 nitrogen and oxygen atoms in total.